The lowest BCUT2D eigenvalue weighted by Crippen LogP contribution is -2.21. The summed E-state index contributed by atoms with van der Waals surface area (Å²) < 4.78 is 39.8. The molecule has 2 aromatic rings. The SMILES string of the molecule is CCNC(c1cnc(C(F)(F)F)s1)c1ccc(Br)cc1Br. The van der Waals surface area contributed by atoms with E-state index in [1.807, 2.05) is 25.1 Å². The molecule has 1 unspecified atom stereocenters. The van der Waals surface area contributed by atoms with Crippen molar-refractivity contribution in [1.29, 1.82) is 0 Å². The van der Waals surface area contributed by atoms with Crippen LogP contribution >= 0.6 is 43.2 Å². The van der Waals surface area contributed by atoms with Gasteiger partial charge < -0.3 is 5.32 Å². The Hall–Kier alpha value is -0.440. The van der Waals surface area contributed by atoms with E-state index >= 15 is 0 Å². The molecule has 1 heterocycles. The van der Waals surface area contributed by atoms with E-state index in [2.05, 4.69) is 42.2 Å². The Morgan fingerprint density at radius 1 is 1.33 bits per heavy atom. The molecule has 0 spiro atoms. The predicted molar refractivity (Wildman–Crippen MR) is 84.5 cm³/mol. The molecule has 1 N–H and O–H groups in total. The van der Waals surface area contributed by atoms with Crippen LogP contribution in [-0.2, 0) is 6.18 Å². The second-order valence-corrected chi connectivity index (χ2v) is 7.05. The molecule has 114 valence electrons. The van der Waals surface area contributed by atoms with Crippen LogP contribution in [0.2, 0.25) is 0 Å². The Balaban J connectivity index is 2.41. The molecule has 1 aromatic carbocycles. The average molecular weight is 444 g/mol. The maximum Gasteiger partial charge on any atom is 0.443 e. The third kappa shape index (κ3) is 4.06. The Bertz CT molecular complexity index is 628. The molecule has 0 bridgehead atoms. The van der Waals surface area contributed by atoms with Gasteiger partial charge in [0.2, 0.25) is 0 Å². The number of aromatic nitrogens is 1. The molecule has 0 aliphatic heterocycles. The van der Waals surface area contributed by atoms with Gasteiger partial charge in [0.1, 0.15) is 0 Å². The first-order valence-corrected chi connectivity index (χ1v) is 8.44. The van der Waals surface area contributed by atoms with Crippen LogP contribution < -0.4 is 5.32 Å². The van der Waals surface area contributed by atoms with Gasteiger partial charge in [-0.2, -0.15) is 13.2 Å². The lowest BCUT2D eigenvalue weighted by molar-refractivity contribution is -0.137. The predicted octanol–water partition coefficient (Wildman–Crippen LogP) is 5.39. The van der Waals surface area contributed by atoms with Gasteiger partial charge in [-0.1, -0.05) is 44.8 Å². The summed E-state index contributed by atoms with van der Waals surface area (Å²) in [6.07, 6.45) is -3.12. The Labute approximate surface area is 141 Å². The first-order chi connectivity index (χ1) is 9.82. The number of hydrogen-bond acceptors (Lipinski definition) is 3. The molecule has 21 heavy (non-hydrogen) atoms. The highest BCUT2D eigenvalue weighted by atomic mass is 79.9. The normalized spacial score (nSPS) is 13.4. The highest BCUT2D eigenvalue weighted by molar-refractivity contribution is 9.11. The maximum absolute atomic E-state index is 12.7. The Morgan fingerprint density at radius 3 is 2.57 bits per heavy atom. The van der Waals surface area contributed by atoms with E-state index in [0.29, 0.717) is 22.8 Å². The van der Waals surface area contributed by atoms with Gasteiger partial charge in [-0.3, -0.25) is 0 Å². The zero-order valence-electron chi connectivity index (χ0n) is 10.8. The summed E-state index contributed by atoms with van der Waals surface area (Å²) in [6, 6.07) is 5.27. The van der Waals surface area contributed by atoms with E-state index in [0.717, 1.165) is 14.5 Å². The number of alkyl halides is 3. The zero-order valence-corrected chi connectivity index (χ0v) is 14.8. The molecule has 0 aliphatic carbocycles. The fourth-order valence-corrected chi connectivity index (χ4v) is 4.01. The molecule has 0 radical (unpaired) electrons. The third-order valence-corrected chi connectivity index (χ3v) is 5.02. The Kier molecular flexibility index (Phi) is 5.45. The van der Waals surface area contributed by atoms with Crippen LogP contribution in [-0.4, -0.2) is 11.5 Å². The summed E-state index contributed by atoms with van der Waals surface area (Å²) in [5.41, 5.74) is 0.873. The van der Waals surface area contributed by atoms with E-state index < -0.39 is 11.2 Å². The van der Waals surface area contributed by atoms with Gasteiger partial charge in [0.05, 0.1) is 6.04 Å². The van der Waals surface area contributed by atoms with Gasteiger partial charge in [0.25, 0.3) is 0 Å². The first-order valence-electron chi connectivity index (χ1n) is 6.04. The van der Waals surface area contributed by atoms with Crippen molar-refractivity contribution >= 4 is 43.2 Å². The van der Waals surface area contributed by atoms with Crippen LogP contribution in [0.15, 0.2) is 33.3 Å². The van der Waals surface area contributed by atoms with Crippen molar-refractivity contribution < 1.29 is 13.2 Å². The molecule has 1 atom stereocenters. The van der Waals surface area contributed by atoms with E-state index in [1.54, 1.807) is 0 Å². The van der Waals surface area contributed by atoms with Gasteiger partial charge >= 0.3 is 6.18 Å². The molecule has 8 heteroatoms. The van der Waals surface area contributed by atoms with Crippen molar-refractivity contribution in [1.82, 2.24) is 10.3 Å². The number of thiazole rings is 1. The summed E-state index contributed by atoms with van der Waals surface area (Å²) in [5.74, 6) is 0. The van der Waals surface area contributed by atoms with Crippen molar-refractivity contribution in [3.8, 4) is 0 Å². The topological polar surface area (TPSA) is 24.9 Å². The number of nitrogens with one attached hydrogen (secondary N) is 1. The second-order valence-electron chi connectivity index (χ2n) is 4.22. The summed E-state index contributed by atoms with van der Waals surface area (Å²) >= 11 is 7.48. The van der Waals surface area contributed by atoms with Gasteiger partial charge in [0.15, 0.2) is 5.01 Å². The molecule has 0 aliphatic rings. The minimum atomic E-state index is -4.41. The van der Waals surface area contributed by atoms with Gasteiger partial charge in [-0.05, 0) is 24.2 Å². The van der Waals surface area contributed by atoms with E-state index in [-0.39, 0.29) is 6.04 Å². The van der Waals surface area contributed by atoms with Crippen LogP contribution in [0.1, 0.15) is 28.4 Å². The van der Waals surface area contributed by atoms with E-state index in [4.69, 9.17) is 0 Å². The van der Waals surface area contributed by atoms with E-state index in [1.165, 1.54) is 6.20 Å². The highest BCUT2D eigenvalue weighted by Gasteiger charge is 2.35. The molecule has 0 saturated carbocycles. The quantitative estimate of drug-likeness (QED) is 0.685. The lowest BCUT2D eigenvalue weighted by atomic mass is 10.1. The van der Waals surface area contributed by atoms with Crippen LogP contribution in [0.3, 0.4) is 0 Å². The molecule has 0 saturated heterocycles. The van der Waals surface area contributed by atoms with Gasteiger partial charge in [-0.25, -0.2) is 4.98 Å². The lowest BCUT2D eigenvalue weighted by Gasteiger charge is -2.18. The zero-order chi connectivity index (χ0) is 15.6. The summed E-state index contributed by atoms with van der Waals surface area (Å²) in [6.45, 7) is 2.54. The summed E-state index contributed by atoms with van der Waals surface area (Å²) in [7, 11) is 0. The molecule has 1 aromatic heterocycles. The average Bonchev–Trinajstić information content (AvgIpc) is 2.86. The fraction of sp³-hybridized carbons (Fsp3) is 0.308. The fourth-order valence-electron chi connectivity index (χ4n) is 1.85. The first kappa shape index (κ1) is 16.9. The largest absolute Gasteiger partial charge is 0.443 e. The third-order valence-electron chi connectivity index (χ3n) is 2.73. The van der Waals surface area contributed by atoms with Crippen LogP contribution in [0, 0.1) is 0 Å². The number of hydrogen-bond donors (Lipinski definition) is 1. The second kappa shape index (κ2) is 6.76. The van der Waals surface area contributed by atoms with Crippen molar-refractivity contribution in [2.75, 3.05) is 6.54 Å². The summed E-state index contributed by atoms with van der Waals surface area (Å²) in [4.78, 5) is 4.03. The molecule has 0 amide bonds. The number of benzene rings is 1. The smallest absolute Gasteiger partial charge is 0.306 e. The van der Waals surface area contributed by atoms with Crippen LogP contribution in [0.4, 0.5) is 13.2 Å². The Morgan fingerprint density at radius 2 is 2.05 bits per heavy atom. The summed E-state index contributed by atoms with van der Waals surface area (Å²) in [5, 5.41) is 2.37. The van der Waals surface area contributed by atoms with Crippen molar-refractivity contribution in [2.24, 2.45) is 0 Å². The van der Waals surface area contributed by atoms with Crippen molar-refractivity contribution in [3.63, 3.8) is 0 Å². The molecular weight excluding hydrogens is 433 g/mol. The highest BCUT2D eigenvalue weighted by Crippen LogP contribution is 2.38. The molecule has 2 nitrogen and oxygen atoms in total. The molecular formula is C13H11Br2F3N2S. The maximum atomic E-state index is 12.7. The number of halogens is 5. The minimum Gasteiger partial charge on any atom is -0.306 e. The standard InChI is InChI=1S/C13H11Br2F3N2S/c1-2-19-11(8-4-3-7(14)5-9(8)15)10-6-20-12(21-10)13(16,17)18/h3-6,11,19H,2H2,1H3. The molecule has 0 fully saturated rings. The monoisotopic (exact) mass is 442 g/mol. The minimum absolute atomic E-state index is 0.328. The van der Waals surface area contributed by atoms with Crippen molar-refractivity contribution in [3.05, 3.63) is 48.8 Å². The van der Waals surface area contributed by atoms with E-state index in [9.17, 15) is 13.2 Å². The van der Waals surface area contributed by atoms with Crippen LogP contribution in [0.5, 0.6) is 0 Å². The van der Waals surface area contributed by atoms with Gasteiger partial charge in [0, 0.05) is 20.0 Å². The molecule has 2 rings (SSSR count). The number of nitrogens with zero attached hydrogens (tertiary/aromatic N) is 1. The van der Waals surface area contributed by atoms with Crippen LogP contribution in [0.25, 0.3) is 0 Å². The van der Waals surface area contributed by atoms with Crippen molar-refractivity contribution in [2.45, 2.75) is 19.1 Å². The van der Waals surface area contributed by atoms with Gasteiger partial charge in [-0.15, -0.1) is 11.3 Å². The number of rotatable bonds is 4.